The molecule has 0 aliphatic heterocycles. The molecule has 8 heteroatoms. The third-order valence-corrected chi connectivity index (χ3v) is 9.55. The van der Waals surface area contributed by atoms with Gasteiger partial charge in [0.15, 0.2) is 0 Å². The molecule has 0 aliphatic rings. The van der Waals surface area contributed by atoms with Gasteiger partial charge in [0.1, 0.15) is 17.9 Å². The van der Waals surface area contributed by atoms with E-state index in [4.69, 9.17) is 5.73 Å². The highest BCUT2D eigenvalue weighted by Gasteiger charge is 2.35. The summed E-state index contributed by atoms with van der Waals surface area (Å²) in [5.74, 6) is -1.42. The second-order valence-corrected chi connectivity index (χ2v) is 12.8. The molecule has 0 unspecified atom stereocenters. The van der Waals surface area contributed by atoms with Crippen LogP contribution in [0.15, 0.2) is 109 Å². The Morgan fingerprint density at radius 1 is 0.776 bits per heavy atom. The maximum atomic E-state index is 14.5. The van der Waals surface area contributed by atoms with Crippen molar-refractivity contribution in [2.24, 2.45) is 5.73 Å². The number of benzene rings is 4. The number of carbonyl (C=O) groups is 3. The number of carbonyl (C=O) groups excluding carboxylic acids is 3. The van der Waals surface area contributed by atoms with Gasteiger partial charge in [0.05, 0.1) is 0 Å². The molecule has 3 N–H and O–H groups in total. The summed E-state index contributed by atoms with van der Waals surface area (Å²) in [6.07, 6.45) is 6.39. The lowest BCUT2D eigenvalue weighted by atomic mass is 9.90. The van der Waals surface area contributed by atoms with Crippen molar-refractivity contribution in [3.8, 4) is 0 Å². The molecule has 0 bridgehead atoms. The van der Waals surface area contributed by atoms with Gasteiger partial charge in [-0.05, 0) is 71.4 Å². The minimum Gasteiger partial charge on any atom is -0.354 e. The summed E-state index contributed by atoms with van der Waals surface area (Å²) in [5, 5.41) is 5.10. The maximum absolute atomic E-state index is 14.5. The molecule has 2 atom stereocenters. The van der Waals surface area contributed by atoms with E-state index in [1.165, 1.54) is 28.0 Å². The molecule has 0 aromatic heterocycles. The molecule has 0 heterocycles. The first-order valence-corrected chi connectivity index (χ1v) is 17.1. The minimum atomic E-state index is -0.906. The van der Waals surface area contributed by atoms with E-state index in [0.29, 0.717) is 24.9 Å². The molecular formula is C41H49FN4O3. The average molecular weight is 665 g/mol. The molecule has 4 aromatic carbocycles. The molecule has 49 heavy (non-hydrogen) atoms. The van der Waals surface area contributed by atoms with E-state index in [1.807, 2.05) is 86.6 Å². The smallest absolute Gasteiger partial charge is 0.246 e. The van der Waals surface area contributed by atoms with E-state index in [1.54, 1.807) is 32.3 Å². The zero-order valence-electron chi connectivity index (χ0n) is 29.1. The van der Waals surface area contributed by atoms with Crippen molar-refractivity contribution in [1.29, 1.82) is 0 Å². The number of nitrogens with two attached hydrogens (primary N) is 1. The summed E-state index contributed by atoms with van der Waals surface area (Å²) in [5.41, 5.74) is 8.73. The van der Waals surface area contributed by atoms with E-state index in [0.717, 1.165) is 34.7 Å². The van der Waals surface area contributed by atoms with Crippen LogP contribution in [0.5, 0.6) is 0 Å². The largest absolute Gasteiger partial charge is 0.354 e. The minimum absolute atomic E-state index is 0.173. The summed E-state index contributed by atoms with van der Waals surface area (Å²) < 4.78 is 13.8. The number of hydrogen-bond acceptors (Lipinski definition) is 4. The average Bonchev–Trinajstić information content (AvgIpc) is 3.12. The van der Waals surface area contributed by atoms with E-state index in [9.17, 15) is 18.8 Å². The molecule has 3 amide bonds. The highest BCUT2D eigenvalue weighted by atomic mass is 19.1. The van der Waals surface area contributed by atoms with Gasteiger partial charge in [-0.25, -0.2) is 4.39 Å². The number of fused-ring (bicyclic) bond motifs is 1. The van der Waals surface area contributed by atoms with Crippen LogP contribution in [-0.4, -0.2) is 65.8 Å². The van der Waals surface area contributed by atoms with Crippen LogP contribution in [0.1, 0.15) is 49.8 Å². The van der Waals surface area contributed by atoms with Crippen molar-refractivity contribution in [3.63, 3.8) is 0 Å². The molecule has 7 nitrogen and oxygen atoms in total. The lowest BCUT2D eigenvalue weighted by Gasteiger charge is -2.34. The molecule has 0 radical (unpaired) electrons. The summed E-state index contributed by atoms with van der Waals surface area (Å²) >= 11 is 0. The van der Waals surface area contributed by atoms with Crippen LogP contribution in [0, 0.1) is 5.82 Å². The van der Waals surface area contributed by atoms with Gasteiger partial charge < -0.3 is 20.9 Å². The lowest BCUT2D eigenvalue weighted by molar-refractivity contribution is -0.146. The Morgan fingerprint density at radius 3 is 2.06 bits per heavy atom. The van der Waals surface area contributed by atoms with E-state index < -0.39 is 17.6 Å². The van der Waals surface area contributed by atoms with Crippen molar-refractivity contribution < 1.29 is 18.8 Å². The number of nitrogens with zero attached hydrogens (tertiary/aromatic N) is 2. The van der Waals surface area contributed by atoms with Gasteiger partial charge in [0.2, 0.25) is 17.7 Å². The Bertz CT molecular complexity index is 1720. The first-order chi connectivity index (χ1) is 23.5. The monoisotopic (exact) mass is 664 g/mol. The zero-order valence-corrected chi connectivity index (χ0v) is 29.1. The Hall–Kier alpha value is -4.82. The van der Waals surface area contributed by atoms with Gasteiger partial charge in [-0.2, -0.15) is 0 Å². The van der Waals surface area contributed by atoms with Gasteiger partial charge in [-0.1, -0.05) is 105 Å². The van der Waals surface area contributed by atoms with Crippen LogP contribution >= 0.6 is 0 Å². The van der Waals surface area contributed by atoms with Gasteiger partial charge in [-0.15, -0.1) is 0 Å². The van der Waals surface area contributed by atoms with Crippen LogP contribution in [0.4, 0.5) is 4.39 Å². The first-order valence-electron chi connectivity index (χ1n) is 17.1. The Morgan fingerprint density at radius 2 is 1.39 bits per heavy atom. The van der Waals surface area contributed by atoms with Gasteiger partial charge in [0.25, 0.3) is 0 Å². The summed E-state index contributed by atoms with van der Waals surface area (Å²) in [6.45, 7) is 4.44. The van der Waals surface area contributed by atoms with E-state index in [2.05, 4.69) is 5.32 Å². The third kappa shape index (κ3) is 10.3. The van der Waals surface area contributed by atoms with Crippen LogP contribution < -0.4 is 11.1 Å². The van der Waals surface area contributed by atoms with Crippen molar-refractivity contribution in [3.05, 3.63) is 132 Å². The fourth-order valence-corrected chi connectivity index (χ4v) is 5.91. The number of likely N-dealkylation sites (N-methyl/N-ethyl adjacent to an activating group) is 2. The maximum Gasteiger partial charge on any atom is 0.246 e. The molecular weight excluding hydrogens is 615 g/mol. The molecule has 0 aliphatic carbocycles. The standard InChI is InChI=1S/C41H49FN4O3/c1-5-41(43,6-2)25-12-17-38(47)45(3)37(29-32-18-21-33-15-10-11-16-34(33)27-32)40(49)46(4)36(28-31-19-22-35(42)23-20-31)39(48)44-26-24-30-13-8-7-9-14-30/h7-23,27,36-37H,5-6,24-26,28-29,43H2,1-4H3,(H,44,48)/b17-12+/t36-,37-/m1/s1. The molecule has 0 saturated carbocycles. The highest BCUT2D eigenvalue weighted by molar-refractivity contribution is 5.95. The van der Waals surface area contributed by atoms with Crippen molar-refractivity contribution in [1.82, 2.24) is 15.1 Å². The summed E-state index contributed by atoms with van der Waals surface area (Å²) in [6, 6.07) is 27.9. The molecule has 0 fully saturated rings. The van der Waals surface area contributed by atoms with E-state index >= 15 is 0 Å². The zero-order chi connectivity index (χ0) is 35.4. The molecule has 4 aromatic rings. The van der Waals surface area contributed by atoms with Gasteiger partial charge in [-0.3, -0.25) is 14.4 Å². The number of amides is 3. The van der Waals surface area contributed by atoms with Crippen LogP contribution in [0.25, 0.3) is 10.8 Å². The van der Waals surface area contributed by atoms with Crippen LogP contribution in [0.3, 0.4) is 0 Å². The first kappa shape index (κ1) is 37.0. The van der Waals surface area contributed by atoms with Crippen molar-refractivity contribution in [2.75, 3.05) is 20.6 Å². The molecule has 4 rings (SSSR count). The van der Waals surface area contributed by atoms with Crippen molar-refractivity contribution in [2.45, 2.75) is 70.0 Å². The van der Waals surface area contributed by atoms with Crippen LogP contribution in [0.2, 0.25) is 0 Å². The quantitative estimate of drug-likeness (QED) is 0.139. The summed E-state index contributed by atoms with van der Waals surface area (Å²) in [4.78, 5) is 44.8. The number of nitrogens with one attached hydrogen (secondary N) is 1. The van der Waals surface area contributed by atoms with Crippen molar-refractivity contribution >= 4 is 28.5 Å². The second kappa shape index (κ2) is 17.5. The van der Waals surface area contributed by atoms with Gasteiger partial charge in [0, 0.05) is 39.0 Å². The third-order valence-electron chi connectivity index (χ3n) is 9.55. The summed E-state index contributed by atoms with van der Waals surface area (Å²) in [7, 11) is 3.22. The highest BCUT2D eigenvalue weighted by Crippen LogP contribution is 2.21. The predicted octanol–water partition coefficient (Wildman–Crippen LogP) is 6.24. The normalized spacial score (nSPS) is 12.9. The lowest BCUT2D eigenvalue weighted by Crippen LogP contribution is -2.56. The Kier molecular flexibility index (Phi) is 13.2. The molecule has 0 saturated heterocycles. The Balaban J connectivity index is 1.62. The number of halogens is 1. The number of hydrogen-bond donors (Lipinski definition) is 2. The SMILES string of the molecule is CCC(N)(CC)C/C=C/C(=O)N(C)[C@H](Cc1ccc2ccccc2c1)C(=O)N(C)[C@H](Cc1ccc(F)cc1)C(=O)NCCc1ccccc1. The fourth-order valence-electron chi connectivity index (χ4n) is 5.91. The number of rotatable bonds is 16. The molecule has 0 spiro atoms. The fraction of sp³-hybridized carbons (Fsp3) is 0.341. The van der Waals surface area contributed by atoms with Crippen LogP contribution in [-0.2, 0) is 33.6 Å². The van der Waals surface area contributed by atoms with Gasteiger partial charge >= 0.3 is 0 Å². The predicted molar refractivity (Wildman–Crippen MR) is 195 cm³/mol. The second-order valence-electron chi connectivity index (χ2n) is 12.8. The van der Waals surface area contributed by atoms with E-state index in [-0.39, 0.29) is 36.4 Å². The molecule has 258 valence electrons. The topological polar surface area (TPSA) is 95.7 Å². The Labute approximate surface area is 290 Å².